The molecule has 3 rings (SSSR count). The van der Waals surface area contributed by atoms with E-state index in [0.717, 1.165) is 18.5 Å². The number of likely N-dealkylation sites (tertiary alicyclic amines) is 1. The van der Waals surface area contributed by atoms with E-state index in [0.29, 0.717) is 0 Å². The third-order valence-electron chi connectivity index (χ3n) is 4.75. The molecule has 1 aromatic carbocycles. The molecule has 2 aliphatic rings. The average Bonchev–Trinajstić information content (AvgIpc) is 3.03. The fraction of sp³-hybridized carbons (Fsp3) is 0.588. The lowest BCUT2D eigenvalue weighted by atomic mass is 10.0. The number of carbonyl (C=O) groups excluding carboxylic acids is 1. The van der Waals surface area contributed by atoms with E-state index in [1.807, 2.05) is 6.07 Å². The minimum Gasteiger partial charge on any atom is -0.299 e. The molecule has 0 radical (unpaired) electrons. The van der Waals surface area contributed by atoms with Crippen molar-refractivity contribution in [3.63, 3.8) is 0 Å². The third kappa shape index (κ3) is 3.09. The van der Waals surface area contributed by atoms with Crippen LogP contribution in [-0.4, -0.2) is 29.1 Å². The molecule has 1 aliphatic carbocycles. The first kappa shape index (κ1) is 14.2. The lowest BCUT2D eigenvalue weighted by molar-refractivity contribution is -0.109. The van der Waals surface area contributed by atoms with Crippen LogP contribution in [0.3, 0.4) is 0 Å². The zero-order valence-corrected chi connectivity index (χ0v) is 12.9. The first-order valence-electron chi connectivity index (χ1n) is 7.70. The smallest absolute Gasteiger partial charge is 0.186 e. The molecular formula is C17H23NOS. The van der Waals surface area contributed by atoms with Crippen LogP contribution >= 0.6 is 11.8 Å². The van der Waals surface area contributed by atoms with Crippen molar-refractivity contribution >= 4 is 16.9 Å². The van der Waals surface area contributed by atoms with Crippen LogP contribution < -0.4 is 0 Å². The first-order valence-corrected chi connectivity index (χ1v) is 8.58. The molecule has 2 nitrogen and oxygen atoms in total. The van der Waals surface area contributed by atoms with Gasteiger partial charge in [0.2, 0.25) is 0 Å². The van der Waals surface area contributed by atoms with Crippen molar-refractivity contribution in [3.05, 3.63) is 35.9 Å². The van der Waals surface area contributed by atoms with E-state index < -0.39 is 0 Å². The topological polar surface area (TPSA) is 20.3 Å². The van der Waals surface area contributed by atoms with Crippen LogP contribution in [-0.2, 0) is 4.79 Å². The van der Waals surface area contributed by atoms with Crippen molar-refractivity contribution in [2.75, 3.05) is 13.1 Å². The SMILES string of the molecule is CC(=O)S[C@H](CN1CC[C@H]2CCC[C@H]21)c1ccccc1. The molecule has 2 fully saturated rings. The molecule has 0 N–H and O–H groups in total. The highest BCUT2D eigenvalue weighted by molar-refractivity contribution is 8.13. The van der Waals surface area contributed by atoms with Gasteiger partial charge in [-0.3, -0.25) is 9.69 Å². The maximum absolute atomic E-state index is 11.6. The zero-order valence-electron chi connectivity index (χ0n) is 12.1. The Kier molecular flexibility index (Phi) is 4.47. The normalized spacial score (nSPS) is 27.4. The molecule has 1 aromatic rings. The Bertz CT molecular complexity index is 461. The van der Waals surface area contributed by atoms with Gasteiger partial charge in [-0.1, -0.05) is 48.5 Å². The van der Waals surface area contributed by atoms with E-state index >= 15 is 0 Å². The Balaban J connectivity index is 1.71. The van der Waals surface area contributed by atoms with Crippen LogP contribution in [0.4, 0.5) is 0 Å². The molecule has 0 aromatic heterocycles. The summed E-state index contributed by atoms with van der Waals surface area (Å²) >= 11 is 1.49. The Morgan fingerprint density at radius 3 is 2.85 bits per heavy atom. The van der Waals surface area contributed by atoms with E-state index in [9.17, 15) is 4.79 Å². The molecule has 20 heavy (non-hydrogen) atoms. The predicted octanol–water partition coefficient (Wildman–Crippen LogP) is 3.88. The van der Waals surface area contributed by atoms with E-state index in [1.54, 1.807) is 6.92 Å². The summed E-state index contributed by atoms with van der Waals surface area (Å²) in [6, 6.07) is 11.3. The summed E-state index contributed by atoms with van der Waals surface area (Å²) in [5.41, 5.74) is 1.29. The molecule has 0 spiro atoms. The lowest BCUT2D eigenvalue weighted by Gasteiger charge is -2.28. The summed E-state index contributed by atoms with van der Waals surface area (Å²) in [5.74, 6) is 0.925. The van der Waals surface area contributed by atoms with Crippen molar-refractivity contribution in [2.24, 2.45) is 5.92 Å². The van der Waals surface area contributed by atoms with Gasteiger partial charge in [-0.15, -0.1) is 0 Å². The fourth-order valence-electron chi connectivity index (χ4n) is 3.85. The van der Waals surface area contributed by atoms with Gasteiger partial charge in [0, 0.05) is 24.8 Å². The summed E-state index contributed by atoms with van der Waals surface area (Å²) in [6.45, 7) is 3.93. The number of hydrogen-bond donors (Lipinski definition) is 0. The fourth-order valence-corrected chi connectivity index (χ4v) is 4.81. The van der Waals surface area contributed by atoms with Crippen LogP contribution in [0.15, 0.2) is 30.3 Å². The van der Waals surface area contributed by atoms with Gasteiger partial charge in [-0.05, 0) is 37.3 Å². The lowest BCUT2D eigenvalue weighted by Crippen LogP contribution is -2.33. The molecule has 1 aliphatic heterocycles. The highest BCUT2D eigenvalue weighted by atomic mass is 32.2. The molecule has 1 saturated carbocycles. The van der Waals surface area contributed by atoms with Crippen LogP contribution in [0.5, 0.6) is 0 Å². The average molecular weight is 289 g/mol. The van der Waals surface area contributed by atoms with Crippen molar-refractivity contribution in [1.82, 2.24) is 4.90 Å². The van der Waals surface area contributed by atoms with Crippen molar-refractivity contribution in [2.45, 2.75) is 43.9 Å². The number of rotatable bonds is 4. The zero-order chi connectivity index (χ0) is 13.9. The second kappa shape index (κ2) is 6.31. The molecule has 1 saturated heterocycles. The van der Waals surface area contributed by atoms with Gasteiger partial charge in [0.15, 0.2) is 5.12 Å². The van der Waals surface area contributed by atoms with Gasteiger partial charge in [0.05, 0.1) is 0 Å². The van der Waals surface area contributed by atoms with Gasteiger partial charge < -0.3 is 0 Å². The highest BCUT2D eigenvalue weighted by Gasteiger charge is 2.38. The Morgan fingerprint density at radius 1 is 1.30 bits per heavy atom. The van der Waals surface area contributed by atoms with E-state index in [-0.39, 0.29) is 10.4 Å². The number of fused-ring (bicyclic) bond motifs is 1. The minimum atomic E-state index is 0.223. The van der Waals surface area contributed by atoms with Crippen LogP contribution in [0.25, 0.3) is 0 Å². The molecule has 3 heteroatoms. The van der Waals surface area contributed by atoms with Gasteiger partial charge >= 0.3 is 0 Å². The van der Waals surface area contributed by atoms with Crippen LogP contribution in [0, 0.1) is 5.92 Å². The van der Waals surface area contributed by atoms with E-state index in [4.69, 9.17) is 0 Å². The number of thioether (sulfide) groups is 1. The number of nitrogens with zero attached hydrogens (tertiary/aromatic N) is 1. The molecule has 0 bridgehead atoms. The molecule has 1 heterocycles. The van der Waals surface area contributed by atoms with Crippen molar-refractivity contribution in [3.8, 4) is 0 Å². The van der Waals surface area contributed by atoms with Crippen molar-refractivity contribution in [1.29, 1.82) is 0 Å². The van der Waals surface area contributed by atoms with Gasteiger partial charge in [-0.2, -0.15) is 0 Å². The largest absolute Gasteiger partial charge is 0.299 e. The maximum atomic E-state index is 11.6. The third-order valence-corrected chi connectivity index (χ3v) is 5.79. The molecule has 0 amide bonds. The predicted molar refractivity (Wildman–Crippen MR) is 84.8 cm³/mol. The molecule has 0 unspecified atom stereocenters. The second-order valence-electron chi connectivity index (χ2n) is 6.05. The number of carbonyl (C=O) groups is 1. The Hall–Kier alpha value is -0.800. The van der Waals surface area contributed by atoms with Gasteiger partial charge in [0.25, 0.3) is 0 Å². The maximum Gasteiger partial charge on any atom is 0.186 e. The molecular weight excluding hydrogens is 266 g/mol. The monoisotopic (exact) mass is 289 g/mol. The summed E-state index contributed by atoms with van der Waals surface area (Å²) < 4.78 is 0. The molecule has 108 valence electrons. The van der Waals surface area contributed by atoms with Gasteiger partial charge in [-0.25, -0.2) is 0 Å². The number of hydrogen-bond acceptors (Lipinski definition) is 3. The summed E-state index contributed by atoms with van der Waals surface area (Å²) in [7, 11) is 0. The van der Waals surface area contributed by atoms with E-state index in [2.05, 4.69) is 29.2 Å². The standard InChI is InChI=1S/C17H23NOS/c1-13(19)20-17(15-6-3-2-4-7-15)12-18-11-10-14-8-5-9-16(14)18/h2-4,6-7,14,16-17H,5,8-12H2,1H3/t14-,16-,17-/m1/s1. The van der Waals surface area contributed by atoms with Gasteiger partial charge in [0.1, 0.15) is 0 Å². The summed E-state index contributed by atoms with van der Waals surface area (Å²) in [4.78, 5) is 14.2. The minimum absolute atomic E-state index is 0.223. The first-order chi connectivity index (χ1) is 9.74. The van der Waals surface area contributed by atoms with E-state index in [1.165, 1.54) is 49.6 Å². The Morgan fingerprint density at radius 2 is 2.10 bits per heavy atom. The quantitative estimate of drug-likeness (QED) is 0.839. The number of benzene rings is 1. The summed E-state index contributed by atoms with van der Waals surface area (Å²) in [6.07, 6.45) is 5.52. The van der Waals surface area contributed by atoms with Crippen LogP contribution in [0.2, 0.25) is 0 Å². The second-order valence-corrected chi connectivity index (χ2v) is 7.43. The van der Waals surface area contributed by atoms with Crippen molar-refractivity contribution < 1.29 is 4.79 Å². The summed E-state index contributed by atoms with van der Waals surface area (Å²) in [5, 5.41) is 0.508. The highest BCUT2D eigenvalue weighted by Crippen LogP contribution is 2.40. The Labute approximate surface area is 125 Å². The van der Waals surface area contributed by atoms with Crippen LogP contribution in [0.1, 0.15) is 43.4 Å². The molecule has 3 atom stereocenters.